The van der Waals surface area contributed by atoms with E-state index < -0.39 is 12.1 Å². The number of halogens is 2. The van der Waals surface area contributed by atoms with Crippen LogP contribution in [0.1, 0.15) is 84.0 Å². The number of aromatic nitrogens is 2. The molecule has 3 unspecified atom stereocenters. The highest BCUT2D eigenvalue weighted by Gasteiger charge is 2.34. The first-order chi connectivity index (χ1) is 13.3. The molecule has 2 nitrogen and oxygen atoms in total. The minimum Gasteiger partial charge on any atom is -0.262 e. The Labute approximate surface area is 169 Å². The Bertz CT molecular complexity index is 708. The normalized spacial score (nSPS) is 23.4. The molecule has 0 bridgehead atoms. The van der Waals surface area contributed by atoms with Crippen LogP contribution in [0, 0.1) is 17.8 Å². The van der Waals surface area contributed by atoms with Gasteiger partial charge in [0.2, 0.25) is 0 Å². The molecule has 2 rings (SSSR count). The molecule has 0 spiro atoms. The van der Waals surface area contributed by atoms with E-state index in [1.54, 1.807) is 0 Å². The van der Waals surface area contributed by atoms with Crippen LogP contribution in [-0.4, -0.2) is 16.0 Å². The molecule has 3 atom stereocenters. The number of hydrogen-bond acceptors (Lipinski definition) is 1. The highest BCUT2D eigenvalue weighted by Crippen LogP contribution is 2.39. The van der Waals surface area contributed by atoms with E-state index in [-0.39, 0.29) is 24.1 Å². The average Bonchev–Trinajstić information content (AvgIpc) is 3.05. The van der Waals surface area contributed by atoms with Gasteiger partial charge in [-0.3, -0.25) is 4.68 Å². The van der Waals surface area contributed by atoms with Crippen molar-refractivity contribution in [3.05, 3.63) is 41.5 Å². The third kappa shape index (κ3) is 5.01. The lowest BCUT2D eigenvalue weighted by molar-refractivity contribution is 0.170. The molecule has 0 aromatic carbocycles. The van der Waals surface area contributed by atoms with Gasteiger partial charge in [-0.1, -0.05) is 58.8 Å². The van der Waals surface area contributed by atoms with Crippen molar-refractivity contribution in [2.75, 3.05) is 0 Å². The Morgan fingerprint density at radius 1 is 1.32 bits per heavy atom. The standard InChI is InChI=1S/C24H36F2N2/c1-7-10-19(11-8-2)28-24(9-3)18(15-27-28)12-17(6)21-14-22(25)20(16(4)5)13-23(21)26/h9,12-13,15-16,19-22H,3,7-8,10-11,14H2,1-2,4-6H3/b17-12+. The topological polar surface area (TPSA) is 17.8 Å². The number of nitrogens with zero attached hydrogens (tertiary/aromatic N) is 2. The molecule has 0 radical (unpaired) electrons. The van der Waals surface area contributed by atoms with Gasteiger partial charge in [0.1, 0.15) is 12.0 Å². The second-order valence-corrected chi connectivity index (χ2v) is 8.43. The lowest BCUT2D eigenvalue weighted by atomic mass is 9.78. The summed E-state index contributed by atoms with van der Waals surface area (Å²) >= 11 is 0. The summed E-state index contributed by atoms with van der Waals surface area (Å²) in [6.45, 7) is 14.1. The Morgan fingerprint density at radius 2 is 1.96 bits per heavy atom. The van der Waals surface area contributed by atoms with E-state index in [4.69, 9.17) is 0 Å². The van der Waals surface area contributed by atoms with Crippen molar-refractivity contribution in [3.8, 4) is 0 Å². The van der Waals surface area contributed by atoms with E-state index in [9.17, 15) is 8.78 Å². The van der Waals surface area contributed by atoms with Crippen molar-refractivity contribution in [2.45, 2.75) is 78.9 Å². The molecule has 4 heteroatoms. The van der Waals surface area contributed by atoms with Crippen LogP contribution in [0.3, 0.4) is 0 Å². The molecule has 1 aliphatic carbocycles. The molecule has 0 amide bonds. The van der Waals surface area contributed by atoms with Crippen LogP contribution in [0.5, 0.6) is 0 Å². The van der Waals surface area contributed by atoms with Crippen molar-refractivity contribution in [3.63, 3.8) is 0 Å². The van der Waals surface area contributed by atoms with Gasteiger partial charge in [0.25, 0.3) is 0 Å². The van der Waals surface area contributed by atoms with Gasteiger partial charge >= 0.3 is 0 Å². The average molecular weight is 391 g/mol. The first-order valence-electron chi connectivity index (χ1n) is 10.7. The minimum absolute atomic E-state index is 0.102. The van der Waals surface area contributed by atoms with E-state index in [0.717, 1.165) is 42.5 Å². The third-order valence-corrected chi connectivity index (χ3v) is 5.91. The van der Waals surface area contributed by atoms with Gasteiger partial charge < -0.3 is 0 Å². The molecule has 0 aliphatic heterocycles. The molecule has 0 fully saturated rings. The second kappa shape index (κ2) is 10.2. The lowest BCUT2D eigenvalue weighted by Crippen LogP contribution is -2.28. The summed E-state index contributed by atoms with van der Waals surface area (Å²) in [5.74, 6) is -0.929. The van der Waals surface area contributed by atoms with Crippen LogP contribution in [0.2, 0.25) is 0 Å². The highest BCUT2D eigenvalue weighted by atomic mass is 19.1. The van der Waals surface area contributed by atoms with Crippen LogP contribution >= 0.6 is 0 Å². The summed E-state index contributed by atoms with van der Waals surface area (Å²) in [7, 11) is 0. The van der Waals surface area contributed by atoms with Gasteiger partial charge in [-0.15, -0.1) is 0 Å². The maximum Gasteiger partial charge on any atom is 0.108 e. The zero-order valence-electron chi connectivity index (χ0n) is 18.1. The number of alkyl halides is 1. The molecule has 1 aromatic rings. The zero-order chi connectivity index (χ0) is 20.8. The largest absolute Gasteiger partial charge is 0.262 e. The molecule has 0 saturated heterocycles. The van der Waals surface area contributed by atoms with Crippen molar-refractivity contribution >= 4 is 12.2 Å². The fourth-order valence-corrected chi connectivity index (χ4v) is 4.31. The first kappa shape index (κ1) is 22.6. The number of allylic oxidation sites excluding steroid dienone is 3. The minimum atomic E-state index is -1.01. The molecule has 156 valence electrons. The van der Waals surface area contributed by atoms with Gasteiger partial charge in [0, 0.05) is 17.4 Å². The fraction of sp³-hybridized carbons (Fsp3) is 0.625. The molecule has 28 heavy (non-hydrogen) atoms. The molecule has 0 N–H and O–H groups in total. The Morgan fingerprint density at radius 3 is 2.50 bits per heavy atom. The van der Waals surface area contributed by atoms with Crippen LogP contribution in [0.25, 0.3) is 12.2 Å². The monoisotopic (exact) mass is 390 g/mol. The second-order valence-electron chi connectivity index (χ2n) is 8.43. The van der Waals surface area contributed by atoms with Crippen LogP contribution in [-0.2, 0) is 0 Å². The van der Waals surface area contributed by atoms with E-state index >= 15 is 0 Å². The van der Waals surface area contributed by atoms with Crippen LogP contribution in [0.4, 0.5) is 8.78 Å². The summed E-state index contributed by atoms with van der Waals surface area (Å²) in [6.07, 6.45) is 10.6. The first-order valence-corrected chi connectivity index (χ1v) is 10.7. The van der Waals surface area contributed by atoms with Crippen molar-refractivity contribution < 1.29 is 8.78 Å². The molecular formula is C24H36F2N2. The van der Waals surface area contributed by atoms with Crippen molar-refractivity contribution in [2.24, 2.45) is 17.8 Å². The van der Waals surface area contributed by atoms with Crippen molar-refractivity contribution in [1.29, 1.82) is 0 Å². The van der Waals surface area contributed by atoms with Gasteiger partial charge in [-0.25, -0.2) is 8.78 Å². The third-order valence-electron chi connectivity index (χ3n) is 5.91. The quantitative estimate of drug-likeness (QED) is 0.425. The number of rotatable bonds is 9. The Kier molecular flexibility index (Phi) is 8.21. The maximum atomic E-state index is 14.7. The predicted molar refractivity (Wildman–Crippen MR) is 115 cm³/mol. The van der Waals surface area contributed by atoms with E-state index in [0.29, 0.717) is 6.04 Å². The molecular weight excluding hydrogens is 354 g/mol. The summed E-state index contributed by atoms with van der Waals surface area (Å²) in [5.41, 5.74) is 2.73. The highest BCUT2D eigenvalue weighted by molar-refractivity contribution is 5.63. The van der Waals surface area contributed by atoms with Crippen molar-refractivity contribution in [1.82, 2.24) is 9.78 Å². The van der Waals surface area contributed by atoms with Gasteiger partial charge in [-0.05, 0) is 44.3 Å². The Balaban J connectivity index is 2.32. The van der Waals surface area contributed by atoms with E-state index in [1.165, 1.54) is 6.08 Å². The molecule has 0 saturated carbocycles. The van der Waals surface area contributed by atoms with Gasteiger partial charge in [0.15, 0.2) is 0 Å². The SMILES string of the molecule is C=Cc1c(/C=C(\C)C2CC(F)C(C(C)C)C=C2F)cnn1C(CCC)CCC. The smallest absolute Gasteiger partial charge is 0.108 e. The van der Waals surface area contributed by atoms with E-state index in [1.807, 2.05) is 39.1 Å². The fourth-order valence-electron chi connectivity index (χ4n) is 4.31. The number of hydrogen-bond donors (Lipinski definition) is 0. The lowest BCUT2D eigenvalue weighted by Gasteiger charge is -2.31. The summed E-state index contributed by atoms with van der Waals surface area (Å²) < 4.78 is 31.3. The summed E-state index contributed by atoms with van der Waals surface area (Å²) in [6, 6.07) is 0.346. The molecule has 1 heterocycles. The summed E-state index contributed by atoms with van der Waals surface area (Å²) in [5, 5.41) is 4.61. The molecule has 1 aliphatic rings. The summed E-state index contributed by atoms with van der Waals surface area (Å²) in [4.78, 5) is 0. The van der Waals surface area contributed by atoms with Crippen LogP contribution < -0.4 is 0 Å². The van der Waals surface area contributed by atoms with Crippen LogP contribution in [0.15, 0.2) is 30.3 Å². The maximum absolute atomic E-state index is 14.7. The zero-order valence-corrected chi connectivity index (χ0v) is 18.1. The predicted octanol–water partition coefficient (Wildman–Crippen LogP) is 7.55. The molecule has 1 aromatic heterocycles. The Hall–Kier alpha value is -1.71. The van der Waals surface area contributed by atoms with Gasteiger partial charge in [0.05, 0.1) is 17.9 Å². The van der Waals surface area contributed by atoms with E-state index in [2.05, 4.69) is 30.2 Å². The van der Waals surface area contributed by atoms with Gasteiger partial charge in [-0.2, -0.15) is 5.10 Å².